The van der Waals surface area contributed by atoms with Crippen molar-refractivity contribution in [2.45, 2.75) is 0 Å². The molecule has 552 valence electrons. The Bertz CT molecular complexity index is 6720. The number of aromatic nitrogens is 12. The van der Waals surface area contributed by atoms with Crippen LogP contribution in [0.25, 0.3) is 124 Å². The van der Waals surface area contributed by atoms with E-state index in [0.29, 0.717) is 55.7 Å². The molecule has 0 fully saturated rings. The SMILES string of the molecule is O=C1/C(=C/c2ccc(-n3ccc4ccnnc43)[se]2)C(=O)c2cc3[se]ccc3cc21.O=C1/C(=C/c2ccc(-n3ccc4ccnnc43)[te]2)C(=O)c2cc3[se]ccc3cc21.O=C1/C(=C/c2ccc(-n3ccc4nccnc43)[se]2)C(=O)c2cc3[se]ccc3cc21.O=C1/C(=C/c2ccc(-n3ccc4nccnc43)[te]2)C(=O)c2cc3[se]ccc3cc21. The molecule has 0 unspecified atom stereocenters. The molecule has 16 heterocycles. The first-order valence-electron chi connectivity index (χ1n) is 35.6. The fourth-order valence-electron chi connectivity index (χ4n) is 14.6. The summed E-state index contributed by atoms with van der Waals surface area (Å²) in [5, 5.41) is 22.8. The van der Waals surface area contributed by atoms with E-state index in [0.717, 1.165) is 91.1 Å². The molecule has 4 aliphatic carbocycles. The Morgan fingerprint density at radius 3 is 1.03 bits per heavy atom. The normalized spacial score (nSPS) is 15.1. The van der Waals surface area contributed by atoms with E-state index in [9.17, 15) is 38.4 Å². The molecule has 4 aliphatic rings. The zero-order chi connectivity index (χ0) is 78.1. The number of carbonyl (C=O) groups excluding carboxylic acids is 8. The molecule has 0 amide bonds. The van der Waals surface area contributed by atoms with Crippen molar-refractivity contribution < 1.29 is 38.4 Å². The van der Waals surface area contributed by atoms with Gasteiger partial charge in [0.1, 0.15) is 0 Å². The van der Waals surface area contributed by atoms with Gasteiger partial charge >= 0.3 is 717 Å². The molecular weight excluding hydrogens is 2080 g/mol. The molecule has 20 aromatic rings. The standard InChI is InChI=1S/2C22H11N3O2Se2.2C22H11N3O2SeTe/c26-20-14-9-12-4-8-28-18(12)11-15(14)21(27)16(20)10-13-1-2-19(29-13)25-7-3-17-22(25)24-6-5-23-17;26-20-15-9-13-5-8-28-18(13)11-16(15)21(27)17(20)10-14-1-2-19(29-14)25-7-4-12-3-6-23-24-22(12)25;26-20-14-9-12-4-8-28-18(12)11-15(14)21(27)16(20)10-13-1-2-19(29-13)25-7-3-17-22(25)24-6-5-23-17;26-20-15-9-13-5-8-28-18(13)11-16(15)21(27)17(20)10-14-1-2-19(29-14)25-7-4-12-3-6-23-24-22(12)25/h4*1-11H/b16-10-;17-10-;16-10-;17-10-. The minimum absolute atomic E-state index is 0.0284. The second-order valence-corrected chi connectivity index (χ2v) is 45.7. The second-order valence-electron chi connectivity index (χ2n) is 26.9. The van der Waals surface area contributed by atoms with Gasteiger partial charge in [-0.3, -0.25) is 0 Å². The maximum absolute atomic E-state index is 12.9. The van der Waals surface area contributed by atoms with Gasteiger partial charge in [-0.15, -0.1) is 0 Å². The molecule has 0 radical (unpaired) electrons. The van der Waals surface area contributed by atoms with Crippen LogP contribution >= 0.6 is 0 Å². The van der Waals surface area contributed by atoms with Gasteiger partial charge in [-0.05, 0) is 0 Å². The van der Waals surface area contributed by atoms with Gasteiger partial charge in [0, 0.05) is 0 Å². The van der Waals surface area contributed by atoms with E-state index in [1.165, 1.54) is 24.4 Å². The van der Waals surface area contributed by atoms with Crippen molar-refractivity contribution in [2.24, 2.45) is 0 Å². The van der Waals surface area contributed by atoms with E-state index in [2.05, 4.69) is 81.4 Å². The van der Waals surface area contributed by atoms with E-state index >= 15 is 0 Å². The molecule has 4 aromatic carbocycles. The molecule has 0 bridgehead atoms. The average molecular weight is 2130 g/mol. The molecule has 28 heteroatoms. The van der Waals surface area contributed by atoms with Crippen molar-refractivity contribution in [3.8, 4) is 16.5 Å². The molecule has 0 saturated carbocycles. The molecule has 20 nitrogen and oxygen atoms in total. The van der Waals surface area contributed by atoms with Gasteiger partial charge in [0.05, 0.1) is 0 Å². The van der Waals surface area contributed by atoms with Gasteiger partial charge in [-0.25, -0.2) is 0 Å². The number of rotatable bonds is 8. The minimum atomic E-state index is -0.737. The summed E-state index contributed by atoms with van der Waals surface area (Å²) in [4.78, 5) is 129. The summed E-state index contributed by atoms with van der Waals surface area (Å²) >= 11 is -0.531. The second kappa shape index (κ2) is 29.8. The van der Waals surface area contributed by atoms with Crippen molar-refractivity contribution in [3.63, 3.8) is 0 Å². The van der Waals surface area contributed by atoms with E-state index < -0.39 is 40.9 Å². The molecule has 0 N–H and O–H groups in total. The quantitative estimate of drug-likeness (QED) is 0.0778. The summed E-state index contributed by atoms with van der Waals surface area (Å²) in [6, 6.07) is 51.3. The van der Waals surface area contributed by atoms with Gasteiger partial charge in [0.15, 0.2) is 0 Å². The third-order valence-electron chi connectivity index (χ3n) is 20.2. The van der Waals surface area contributed by atoms with Crippen molar-refractivity contribution in [1.82, 2.24) is 58.6 Å². The first-order valence-corrected chi connectivity index (χ1v) is 51.1. The average Bonchev–Trinajstić information content (AvgIpc) is 1.62. The first-order chi connectivity index (χ1) is 56.7. The van der Waals surface area contributed by atoms with Crippen molar-refractivity contribution in [2.75, 3.05) is 0 Å². The number of nitrogens with zero attached hydrogens (tertiary/aromatic N) is 12. The summed E-state index contributed by atoms with van der Waals surface area (Å²) in [7, 11) is 0. The first kappa shape index (κ1) is 72.9. The van der Waals surface area contributed by atoms with Crippen LogP contribution in [0, 0.1) is 0 Å². The van der Waals surface area contributed by atoms with Gasteiger partial charge in [-0.1, -0.05) is 0 Å². The number of hydrogen-bond acceptors (Lipinski definition) is 16. The van der Waals surface area contributed by atoms with Crippen LogP contribution in [0.5, 0.6) is 0 Å². The Morgan fingerprint density at radius 1 is 0.284 bits per heavy atom. The topological polar surface area (TPSA) is 259 Å². The van der Waals surface area contributed by atoms with E-state index in [1.807, 2.05) is 180 Å². The fourth-order valence-corrected chi connectivity index (χ4v) is 30.7. The third-order valence-corrected chi connectivity index (χ3v) is 37.8. The number of allylic oxidation sites excluding steroid dienone is 4. The van der Waals surface area contributed by atoms with Crippen LogP contribution in [-0.4, -0.2) is 233 Å². The molecule has 0 aliphatic heterocycles. The fraction of sp³-hybridized carbons (Fsp3) is 0. The number of carbonyl (C=O) groups is 8. The number of fused-ring (bicyclic) bond motifs is 12. The number of hydrogen-bond donors (Lipinski definition) is 0. The van der Waals surface area contributed by atoms with Crippen LogP contribution in [0.15, 0.2) is 262 Å². The van der Waals surface area contributed by atoms with E-state index in [4.69, 9.17) is 0 Å². The van der Waals surface area contributed by atoms with Crippen LogP contribution in [0.1, 0.15) is 98.9 Å². The van der Waals surface area contributed by atoms with Gasteiger partial charge in [0.25, 0.3) is 0 Å². The summed E-state index contributed by atoms with van der Waals surface area (Å²) in [5.74, 6) is -1.23. The van der Waals surface area contributed by atoms with Crippen molar-refractivity contribution >= 4 is 281 Å². The summed E-state index contributed by atoms with van der Waals surface area (Å²) in [6.45, 7) is 0. The molecule has 0 saturated heterocycles. The number of benzene rings is 4. The Morgan fingerprint density at radius 2 is 0.612 bits per heavy atom. The zero-order valence-electron chi connectivity index (χ0n) is 59.3. The molecule has 16 aromatic heterocycles. The Labute approximate surface area is 709 Å². The predicted octanol–water partition coefficient (Wildman–Crippen LogP) is 12.6. The van der Waals surface area contributed by atoms with E-state index in [1.54, 1.807) is 61.5 Å². The maximum atomic E-state index is 12.9. The summed E-state index contributed by atoms with van der Waals surface area (Å²) < 4.78 is 21.5. The number of ketones is 8. The van der Waals surface area contributed by atoms with Crippen LogP contribution in [-0.2, 0) is 0 Å². The van der Waals surface area contributed by atoms with Gasteiger partial charge in [0.2, 0.25) is 0 Å². The van der Waals surface area contributed by atoms with Crippen molar-refractivity contribution in [3.05, 3.63) is 322 Å². The molecule has 0 atom stereocenters. The van der Waals surface area contributed by atoms with Crippen LogP contribution < -0.4 is 0 Å². The van der Waals surface area contributed by atoms with E-state index in [-0.39, 0.29) is 144 Å². The summed E-state index contributed by atoms with van der Waals surface area (Å²) in [6.07, 6.45) is 25.2. The third kappa shape index (κ3) is 12.9. The number of Topliss-reactive ketones (excluding diaryl/α,β-unsaturated/α-hetero) is 8. The Kier molecular flexibility index (Phi) is 18.7. The van der Waals surface area contributed by atoms with Gasteiger partial charge < -0.3 is 0 Å². The van der Waals surface area contributed by atoms with Crippen LogP contribution in [0.3, 0.4) is 0 Å². The molecule has 0 spiro atoms. The zero-order valence-corrected chi connectivity index (χ0v) is 74.2. The van der Waals surface area contributed by atoms with Gasteiger partial charge in [-0.2, -0.15) is 0 Å². The Hall–Kier alpha value is -10.7. The molecule has 24 rings (SSSR count). The molecular formula is C88H44N12O8Se6Te2. The van der Waals surface area contributed by atoms with Crippen LogP contribution in [0.2, 0.25) is 0 Å². The molecule has 116 heavy (non-hydrogen) atoms. The van der Waals surface area contributed by atoms with Crippen LogP contribution in [0.4, 0.5) is 0 Å². The summed E-state index contributed by atoms with van der Waals surface area (Å²) in [5.41, 5.74) is 10.5. The predicted molar refractivity (Wildman–Crippen MR) is 453 cm³/mol. The monoisotopic (exact) mass is 2140 g/mol. The van der Waals surface area contributed by atoms with Crippen molar-refractivity contribution in [1.29, 1.82) is 0 Å². The Balaban J connectivity index is 0.0000000966.